The van der Waals surface area contributed by atoms with Gasteiger partial charge in [0.25, 0.3) is 0 Å². The maximum atomic E-state index is 13.3. The molecule has 0 unspecified atom stereocenters. The quantitative estimate of drug-likeness (QED) is 0.858. The van der Waals surface area contributed by atoms with Crippen LogP contribution in [0.3, 0.4) is 0 Å². The normalized spacial score (nSPS) is 15.2. The number of anilines is 1. The van der Waals surface area contributed by atoms with Gasteiger partial charge in [-0.1, -0.05) is 6.07 Å². The lowest BCUT2D eigenvalue weighted by molar-refractivity contribution is -0.113. The van der Waals surface area contributed by atoms with E-state index in [1.807, 2.05) is 0 Å². The highest BCUT2D eigenvalue weighted by molar-refractivity contribution is 7.99. The van der Waals surface area contributed by atoms with E-state index < -0.39 is 0 Å². The Morgan fingerprint density at radius 2 is 2.33 bits per heavy atom. The predicted octanol–water partition coefficient (Wildman–Crippen LogP) is 2.03. The minimum absolute atomic E-state index is 0.0736. The Labute approximate surface area is 111 Å². The maximum absolute atomic E-state index is 13.3. The average Bonchev–Trinajstić information content (AvgIpc) is 2.27. The van der Waals surface area contributed by atoms with Gasteiger partial charge in [0.1, 0.15) is 5.82 Å². The first-order valence-electron chi connectivity index (χ1n) is 5.99. The molecule has 5 heteroatoms. The van der Waals surface area contributed by atoms with Crippen LogP contribution in [0.2, 0.25) is 0 Å². The molecule has 98 valence electrons. The van der Waals surface area contributed by atoms with Crippen LogP contribution in [0, 0.1) is 18.7 Å². The zero-order valence-corrected chi connectivity index (χ0v) is 11.1. The molecule has 0 atom stereocenters. The van der Waals surface area contributed by atoms with E-state index in [0.29, 0.717) is 22.9 Å². The van der Waals surface area contributed by atoms with E-state index in [-0.39, 0.29) is 11.7 Å². The third kappa shape index (κ3) is 3.71. The first-order chi connectivity index (χ1) is 8.65. The van der Waals surface area contributed by atoms with Crippen LogP contribution < -0.4 is 10.6 Å². The summed E-state index contributed by atoms with van der Waals surface area (Å²) in [7, 11) is 0. The number of hydrogen-bond donors (Lipinski definition) is 2. The first-order valence-corrected chi connectivity index (χ1v) is 7.15. The number of rotatable bonds is 5. The molecule has 0 aliphatic carbocycles. The summed E-state index contributed by atoms with van der Waals surface area (Å²) < 4.78 is 13.3. The topological polar surface area (TPSA) is 41.1 Å². The van der Waals surface area contributed by atoms with Crippen molar-refractivity contribution in [2.75, 3.05) is 29.9 Å². The van der Waals surface area contributed by atoms with Crippen LogP contribution in [0.1, 0.15) is 5.56 Å². The molecular formula is C13H17FN2OS. The minimum atomic E-state index is -0.291. The molecule has 18 heavy (non-hydrogen) atoms. The fourth-order valence-corrected chi connectivity index (χ4v) is 2.60. The number of nitrogens with one attached hydrogen (secondary N) is 2. The summed E-state index contributed by atoms with van der Waals surface area (Å²) >= 11 is 1.63. The van der Waals surface area contributed by atoms with E-state index in [9.17, 15) is 9.18 Å². The Balaban J connectivity index is 1.73. The molecule has 0 saturated carbocycles. The summed E-state index contributed by atoms with van der Waals surface area (Å²) in [6, 6.07) is 4.74. The number of thioether (sulfide) groups is 1. The molecule has 3 nitrogen and oxygen atoms in total. The van der Waals surface area contributed by atoms with Crippen LogP contribution in [-0.2, 0) is 4.79 Å². The molecule has 1 heterocycles. The Kier molecular flexibility index (Phi) is 4.60. The van der Waals surface area contributed by atoms with Crippen molar-refractivity contribution in [3.63, 3.8) is 0 Å². The number of carbonyl (C=O) groups is 1. The lowest BCUT2D eigenvalue weighted by atomic mass is 10.1. The van der Waals surface area contributed by atoms with Gasteiger partial charge in [0.15, 0.2) is 0 Å². The molecule has 1 aliphatic heterocycles. The molecule has 1 amide bonds. The third-order valence-corrected chi connectivity index (χ3v) is 4.08. The fourth-order valence-electron chi connectivity index (χ4n) is 1.65. The molecule has 1 fully saturated rings. The predicted molar refractivity (Wildman–Crippen MR) is 73.5 cm³/mol. The first kappa shape index (κ1) is 13.4. The number of carbonyl (C=O) groups excluding carboxylic acids is 1. The van der Waals surface area contributed by atoms with Gasteiger partial charge in [0.05, 0.1) is 5.75 Å². The lowest BCUT2D eigenvalue weighted by Crippen LogP contribution is -2.43. The summed E-state index contributed by atoms with van der Waals surface area (Å²) in [4.78, 5) is 11.6. The minimum Gasteiger partial charge on any atom is -0.325 e. The largest absolute Gasteiger partial charge is 0.325 e. The van der Waals surface area contributed by atoms with Crippen molar-refractivity contribution >= 4 is 23.4 Å². The van der Waals surface area contributed by atoms with Crippen molar-refractivity contribution in [3.05, 3.63) is 29.6 Å². The van der Waals surface area contributed by atoms with Gasteiger partial charge in [-0.25, -0.2) is 4.39 Å². The summed E-state index contributed by atoms with van der Waals surface area (Å²) in [6.07, 6.45) is 0. The van der Waals surface area contributed by atoms with Gasteiger partial charge >= 0.3 is 0 Å². The van der Waals surface area contributed by atoms with E-state index in [2.05, 4.69) is 10.6 Å². The maximum Gasteiger partial charge on any atom is 0.234 e. The second kappa shape index (κ2) is 6.20. The van der Waals surface area contributed by atoms with Gasteiger partial charge < -0.3 is 10.6 Å². The van der Waals surface area contributed by atoms with Gasteiger partial charge in [-0.15, -0.1) is 0 Å². The monoisotopic (exact) mass is 268 g/mol. The third-order valence-electron chi connectivity index (χ3n) is 2.91. The Hall–Kier alpha value is -1.07. The molecule has 0 radical (unpaired) electrons. The molecular weight excluding hydrogens is 251 g/mol. The van der Waals surface area contributed by atoms with Crippen LogP contribution in [0.4, 0.5) is 10.1 Å². The van der Waals surface area contributed by atoms with Gasteiger partial charge in [0.2, 0.25) is 5.91 Å². The molecule has 1 aromatic carbocycles. The van der Waals surface area contributed by atoms with Crippen molar-refractivity contribution < 1.29 is 9.18 Å². The summed E-state index contributed by atoms with van der Waals surface area (Å²) in [6.45, 7) is 3.80. The van der Waals surface area contributed by atoms with Crippen molar-refractivity contribution in [2.45, 2.75) is 6.92 Å². The zero-order valence-electron chi connectivity index (χ0n) is 10.3. The van der Waals surface area contributed by atoms with Crippen LogP contribution in [0.15, 0.2) is 18.2 Å². The highest BCUT2D eigenvalue weighted by Gasteiger charge is 2.16. The van der Waals surface area contributed by atoms with E-state index in [1.54, 1.807) is 30.8 Å². The summed E-state index contributed by atoms with van der Waals surface area (Å²) in [5, 5.41) is 5.90. The standard InChI is InChI=1S/C13H17FN2OS/c1-9-2-3-11(4-12(9)14)16-13(17)8-18-7-10-5-15-6-10/h2-4,10,15H,5-8H2,1H3,(H,16,17). The SMILES string of the molecule is Cc1ccc(NC(=O)CSCC2CNC2)cc1F. The zero-order chi connectivity index (χ0) is 13.0. The molecule has 1 saturated heterocycles. The van der Waals surface area contributed by atoms with E-state index in [1.165, 1.54) is 6.07 Å². The van der Waals surface area contributed by atoms with E-state index >= 15 is 0 Å². The van der Waals surface area contributed by atoms with Crippen molar-refractivity contribution in [2.24, 2.45) is 5.92 Å². The van der Waals surface area contributed by atoms with Gasteiger partial charge in [-0.3, -0.25) is 4.79 Å². The Morgan fingerprint density at radius 3 is 2.94 bits per heavy atom. The highest BCUT2D eigenvalue weighted by Crippen LogP contribution is 2.15. The van der Waals surface area contributed by atoms with Gasteiger partial charge in [-0.2, -0.15) is 11.8 Å². The average molecular weight is 268 g/mol. The smallest absolute Gasteiger partial charge is 0.234 e. The number of benzene rings is 1. The summed E-state index contributed by atoms with van der Waals surface area (Å²) in [5.41, 5.74) is 1.11. The lowest BCUT2D eigenvalue weighted by Gasteiger charge is -2.26. The molecule has 1 aromatic rings. The van der Waals surface area contributed by atoms with Crippen molar-refractivity contribution in [3.8, 4) is 0 Å². The number of halogens is 1. The fraction of sp³-hybridized carbons (Fsp3) is 0.462. The molecule has 0 aromatic heterocycles. The molecule has 0 spiro atoms. The summed E-state index contributed by atoms with van der Waals surface area (Å²) in [5.74, 6) is 1.76. The van der Waals surface area contributed by atoms with Crippen molar-refractivity contribution in [1.82, 2.24) is 5.32 Å². The number of hydrogen-bond acceptors (Lipinski definition) is 3. The second-order valence-electron chi connectivity index (χ2n) is 4.55. The van der Waals surface area contributed by atoms with Gasteiger partial charge in [-0.05, 0) is 49.4 Å². The van der Waals surface area contributed by atoms with E-state index in [0.717, 1.165) is 18.8 Å². The van der Waals surface area contributed by atoms with Gasteiger partial charge in [0, 0.05) is 5.69 Å². The van der Waals surface area contributed by atoms with Crippen molar-refractivity contribution in [1.29, 1.82) is 0 Å². The van der Waals surface area contributed by atoms with Crippen LogP contribution in [-0.4, -0.2) is 30.5 Å². The van der Waals surface area contributed by atoms with Crippen LogP contribution in [0.5, 0.6) is 0 Å². The molecule has 0 bridgehead atoms. The molecule has 1 aliphatic rings. The van der Waals surface area contributed by atoms with E-state index in [4.69, 9.17) is 0 Å². The number of aryl methyl sites for hydroxylation is 1. The molecule has 2 N–H and O–H groups in total. The highest BCUT2D eigenvalue weighted by atomic mass is 32.2. The Morgan fingerprint density at radius 1 is 1.56 bits per heavy atom. The number of amides is 1. The Bertz CT molecular complexity index is 435. The van der Waals surface area contributed by atoms with Crippen LogP contribution in [0.25, 0.3) is 0 Å². The second-order valence-corrected chi connectivity index (χ2v) is 5.58. The molecule has 2 rings (SSSR count). The van der Waals surface area contributed by atoms with Crippen LogP contribution >= 0.6 is 11.8 Å².